The molecule has 0 aliphatic heterocycles. The normalized spacial score (nSPS) is 32.2. The molecular formula is C5H8ClFO2S. The van der Waals surface area contributed by atoms with Crippen molar-refractivity contribution in [2.75, 3.05) is 12.4 Å². The Bertz CT molecular complexity index is 214. The third-order valence-corrected chi connectivity index (χ3v) is 2.88. The third kappa shape index (κ3) is 2.42. The standard InChI is InChI=1S/C5H8ClFO2S/c6-10(8,9)3-5-1-4(5)2-7/h4-5H,1-3H2/t4-,5-/m0/s1. The third-order valence-electron chi connectivity index (χ3n) is 1.68. The van der Waals surface area contributed by atoms with Crippen LogP contribution in [0.1, 0.15) is 6.42 Å². The summed E-state index contributed by atoms with van der Waals surface area (Å²) in [6.45, 7) is -0.420. The van der Waals surface area contributed by atoms with Gasteiger partial charge in [0, 0.05) is 10.7 Å². The number of rotatable bonds is 3. The molecule has 0 amide bonds. The molecule has 0 spiro atoms. The van der Waals surface area contributed by atoms with Crippen LogP contribution in [0.4, 0.5) is 4.39 Å². The quantitative estimate of drug-likeness (QED) is 0.620. The minimum absolute atomic E-state index is 0.0208. The fraction of sp³-hybridized carbons (Fsp3) is 1.00. The van der Waals surface area contributed by atoms with E-state index in [1.54, 1.807) is 0 Å². The Balaban J connectivity index is 2.31. The van der Waals surface area contributed by atoms with Crippen molar-refractivity contribution in [2.24, 2.45) is 11.8 Å². The van der Waals surface area contributed by atoms with Crippen molar-refractivity contribution in [3.05, 3.63) is 0 Å². The van der Waals surface area contributed by atoms with E-state index in [0.29, 0.717) is 6.42 Å². The Hall–Kier alpha value is 0.170. The second-order valence-corrected chi connectivity index (χ2v) is 5.44. The maximum absolute atomic E-state index is 11.8. The zero-order valence-corrected chi connectivity index (χ0v) is 6.83. The summed E-state index contributed by atoms with van der Waals surface area (Å²) < 4.78 is 32.5. The summed E-state index contributed by atoms with van der Waals surface area (Å²) in [5.41, 5.74) is 0. The maximum Gasteiger partial charge on any atom is 0.232 e. The fourth-order valence-electron chi connectivity index (χ4n) is 0.959. The highest BCUT2D eigenvalue weighted by atomic mass is 35.7. The van der Waals surface area contributed by atoms with Crippen molar-refractivity contribution in [1.82, 2.24) is 0 Å². The smallest absolute Gasteiger partial charge is 0.232 e. The molecule has 0 aromatic carbocycles. The van der Waals surface area contributed by atoms with Gasteiger partial charge >= 0.3 is 0 Å². The van der Waals surface area contributed by atoms with Crippen molar-refractivity contribution in [1.29, 1.82) is 0 Å². The van der Waals surface area contributed by atoms with E-state index in [0.717, 1.165) is 0 Å². The monoisotopic (exact) mass is 186 g/mol. The van der Waals surface area contributed by atoms with Crippen LogP contribution in [0.2, 0.25) is 0 Å². The van der Waals surface area contributed by atoms with Gasteiger partial charge in [0.1, 0.15) is 0 Å². The second kappa shape index (κ2) is 2.66. The van der Waals surface area contributed by atoms with Crippen molar-refractivity contribution in [2.45, 2.75) is 6.42 Å². The molecule has 10 heavy (non-hydrogen) atoms. The molecular weight excluding hydrogens is 179 g/mol. The molecule has 1 rings (SSSR count). The molecule has 1 aliphatic rings. The fourth-order valence-corrected chi connectivity index (χ4v) is 2.36. The highest BCUT2D eigenvalue weighted by Crippen LogP contribution is 2.40. The first kappa shape index (κ1) is 8.27. The molecule has 1 fully saturated rings. The van der Waals surface area contributed by atoms with Crippen LogP contribution in [0.5, 0.6) is 0 Å². The lowest BCUT2D eigenvalue weighted by molar-refractivity contribution is 0.444. The molecule has 0 aromatic heterocycles. The van der Waals surface area contributed by atoms with Crippen molar-refractivity contribution < 1.29 is 12.8 Å². The van der Waals surface area contributed by atoms with Gasteiger partial charge in [-0.3, -0.25) is 4.39 Å². The molecule has 1 aliphatic carbocycles. The molecule has 60 valence electrons. The Labute approximate surface area is 63.8 Å². The zero-order chi connectivity index (χ0) is 7.78. The van der Waals surface area contributed by atoms with E-state index in [9.17, 15) is 12.8 Å². The lowest BCUT2D eigenvalue weighted by Gasteiger charge is -1.90. The Kier molecular flexibility index (Phi) is 2.20. The van der Waals surface area contributed by atoms with Gasteiger partial charge in [-0.1, -0.05) is 0 Å². The SMILES string of the molecule is O=S(=O)(Cl)C[C@@H]1C[C@H]1CF. The minimum atomic E-state index is -3.40. The zero-order valence-electron chi connectivity index (χ0n) is 5.26. The van der Waals surface area contributed by atoms with Crippen LogP contribution in [0.15, 0.2) is 0 Å². The van der Waals surface area contributed by atoms with Gasteiger partial charge in [-0.05, 0) is 18.3 Å². The summed E-state index contributed by atoms with van der Waals surface area (Å²) in [7, 11) is 1.54. The highest BCUT2D eigenvalue weighted by Gasteiger charge is 2.39. The lowest BCUT2D eigenvalue weighted by Crippen LogP contribution is -2.01. The second-order valence-electron chi connectivity index (χ2n) is 2.62. The van der Waals surface area contributed by atoms with Gasteiger partial charge in [-0.25, -0.2) is 8.42 Å². The summed E-state index contributed by atoms with van der Waals surface area (Å²) >= 11 is 0. The Morgan fingerprint density at radius 3 is 2.40 bits per heavy atom. The van der Waals surface area contributed by atoms with Gasteiger partial charge in [0.15, 0.2) is 0 Å². The van der Waals surface area contributed by atoms with Crippen LogP contribution in [0.3, 0.4) is 0 Å². The lowest BCUT2D eigenvalue weighted by atomic mass is 10.4. The van der Waals surface area contributed by atoms with E-state index < -0.39 is 15.7 Å². The Morgan fingerprint density at radius 2 is 2.10 bits per heavy atom. The van der Waals surface area contributed by atoms with Crippen LogP contribution >= 0.6 is 10.7 Å². The number of halogens is 2. The summed E-state index contributed by atoms with van der Waals surface area (Å²) in [6, 6.07) is 0. The van der Waals surface area contributed by atoms with Gasteiger partial charge < -0.3 is 0 Å². The molecule has 0 heterocycles. The summed E-state index contributed by atoms with van der Waals surface area (Å²) in [5.74, 6) is -0.135. The summed E-state index contributed by atoms with van der Waals surface area (Å²) in [5, 5.41) is 0. The van der Waals surface area contributed by atoms with Gasteiger partial charge in [-0.2, -0.15) is 0 Å². The molecule has 0 radical (unpaired) electrons. The average Bonchev–Trinajstić information content (AvgIpc) is 2.42. The van der Waals surface area contributed by atoms with E-state index in [2.05, 4.69) is 0 Å². The van der Waals surface area contributed by atoms with Gasteiger partial charge in [0.25, 0.3) is 0 Å². The summed E-state index contributed by atoms with van der Waals surface area (Å²) in [4.78, 5) is 0. The van der Waals surface area contributed by atoms with Crippen molar-refractivity contribution in [3.63, 3.8) is 0 Å². The molecule has 2 atom stereocenters. The first-order valence-electron chi connectivity index (χ1n) is 3.01. The molecule has 0 bridgehead atoms. The molecule has 2 nitrogen and oxygen atoms in total. The van der Waals surface area contributed by atoms with Gasteiger partial charge in [0.05, 0.1) is 12.4 Å². The molecule has 1 saturated carbocycles. The van der Waals surface area contributed by atoms with E-state index in [4.69, 9.17) is 10.7 Å². The van der Waals surface area contributed by atoms with Gasteiger partial charge in [-0.15, -0.1) is 0 Å². The highest BCUT2D eigenvalue weighted by molar-refractivity contribution is 8.13. The largest absolute Gasteiger partial charge is 0.251 e. The minimum Gasteiger partial charge on any atom is -0.251 e. The predicted octanol–water partition coefficient (Wildman–Crippen LogP) is 1.16. The van der Waals surface area contributed by atoms with Crippen LogP contribution in [0, 0.1) is 11.8 Å². The predicted molar refractivity (Wildman–Crippen MR) is 37.2 cm³/mol. The van der Waals surface area contributed by atoms with Crippen LogP contribution in [-0.4, -0.2) is 20.8 Å². The van der Waals surface area contributed by atoms with Crippen molar-refractivity contribution in [3.8, 4) is 0 Å². The molecule has 0 saturated heterocycles. The topological polar surface area (TPSA) is 34.1 Å². The van der Waals surface area contributed by atoms with E-state index in [-0.39, 0.29) is 17.6 Å². The molecule has 5 heteroatoms. The average molecular weight is 187 g/mol. The molecule has 0 N–H and O–H groups in total. The van der Waals surface area contributed by atoms with E-state index >= 15 is 0 Å². The van der Waals surface area contributed by atoms with E-state index in [1.165, 1.54) is 0 Å². The van der Waals surface area contributed by atoms with Gasteiger partial charge in [0.2, 0.25) is 9.05 Å². The summed E-state index contributed by atoms with van der Waals surface area (Å²) in [6.07, 6.45) is 0.669. The molecule has 0 unspecified atom stereocenters. The first-order valence-corrected chi connectivity index (χ1v) is 5.49. The van der Waals surface area contributed by atoms with Crippen molar-refractivity contribution >= 4 is 19.7 Å². The van der Waals surface area contributed by atoms with Crippen LogP contribution in [-0.2, 0) is 9.05 Å². The van der Waals surface area contributed by atoms with E-state index in [1.807, 2.05) is 0 Å². The number of alkyl halides is 1. The Morgan fingerprint density at radius 1 is 1.50 bits per heavy atom. The van der Waals surface area contributed by atoms with Crippen LogP contribution in [0.25, 0.3) is 0 Å². The maximum atomic E-state index is 11.8. The number of hydrogen-bond donors (Lipinski definition) is 0. The number of hydrogen-bond acceptors (Lipinski definition) is 2. The van der Waals surface area contributed by atoms with Crippen LogP contribution < -0.4 is 0 Å². The first-order chi connectivity index (χ1) is 4.53. The molecule has 0 aromatic rings.